The summed E-state index contributed by atoms with van der Waals surface area (Å²) in [5.41, 5.74) is 5.68. The molecule has 0 radical (unpaired) electrons. The Bertz CT molecular complexity index is 523. The van der Waals surface area contributed by atoms with Crippen LogP contribution < -0.4 is 5.43 Å². The first-order chi connectivity index (χ1) is 8.25. The third-order valence-electron chi connectivity index (χ3n) is 2.26. The molecular weight excluding hydrogens is 234 g/mol. The van der Waals surface area contributed by atoms with Crippen LogP contribution >= 0.6 is 11.6 Å². The van der Waals surface area contributed by atoms with Gasteiger partial charge in [-0.05, 0) is 31.2 Å². The number of nitrogens with one attached hydrogen (secondary N) is 1. The number of hydrogen-bond acceptors (Lipinski definition) is 3. The van der Waals surface area contributed by atoms with E-state index in [1.165, 1.54) is 0 Å². The Morgan fingerprint density at radius 3 is 2.88 bits per heavy atom. The third kappa shape index (κ3) is 3.29. The smallest absolute Gasteiger partial charge is 0.0663 e. The summed E-state index contributed by atoms with van der Waals surface area (Å²) in [4.78, 5) is 4.05. The van der Waals surface area contributed by atoms with Crippen molar-refractivity contribution in [3.05, 3.63) is 59.4 Å². The van der Waals surface area contributed by atoms with E-state index in [9.17, 15) is 0 Å². The lowest BCUT2D eigenvalue weighted by Crippen LogP contribution is -1.99. The number of rotatable bonds is 3. The van der Waals surface area contributed by atoms with Gasteiger partial charge in [-0.15, -0.1) is 0 Å². The molecule has 0 unspecified atom stereocenters. The molecule has 3 nitrogen and oxygen atoms in total. The third-order valence-corrected chi connectivity index (χ3v) is 2.49. The highest BCUT2D eigenvalue weighted by Gasteiger charge is 1.96. The number of nitrogens with zero attached hydrogens (tertiary/aromatic N) is 2. The van der Waals surface area contributed by atoms with E-state index < -0.39 is 0 Å². The fourth-order valence-corrected chi connectivity index (χ4v) is 1.54. The van der Waals surface area contributed by atoms with E-state index >= 15 is 0 Å². The molecule has 0 spiro atoms. The summed E-state index contributed by atoms with van der Waals surface area (Å²) in [6.07, 6.45) is 3.51. The monoisotopic (exact) mass is 245 g/mol. The van der Waals surface area contributed by atoms with Gasteiger partial charge in [-0.3, -0.25) is 10.4 Å². The van der Waals surface area contributed by atoms with Crippen molar-refractivity contribution in [3.63, 3.8) is 0 Å². The predicted molar refractivity (Wildman–Crippen MR) is 71.5 cm³/mol. The van der Waals surface area contributed by atoms with Crippen molar-refractivity contribution in [3.8, 4) is 0 Å². The van der Waals surface area contributed by atoms with Crippen LogP contribution in [0.4, 0.5) is 5.69 Å². The van der Waals surface area contributed by atoms with Crippen LogP contribution in [0.25, 0.3) is 0 Å². The van der Waals surface area contributed by atoms with E-state index in [1.54, 1.807) is 12.4 Å². The fourth-order valence-electron chi connectivity index (χ4n) is 1.35. The van der Waals surface area contributed by atoms with E-state index in [0.29, 0.717) is 5.02 Å². The lowest BCUT2D eigenvalue weighted by molar-refractivity contribution is 1.28. The van der Waals surface area contributed by atoms with Gasteiger partial charge in [-0.1, -0.05) is 23.7 Å². The maximum atomic E-state index is 5.88. The van der Waals surface area contributed by atoms with Crippen molar-refractivity contribution in [1.29, 1.82) is 0 Å². The summed E-state index contributed by atoms with van der Waals surface area (Å²) < 4.78 is 0. The second-order valence-corrected chi connectivity index (χ2v) is 4.00. The number of pyridine rings is 1. The van der Waals surface area contributed by atoms with E-state index in [1.807, 2.05) is 43.3 Å². The van der Waals surface area contributed by atoms with Crippen LogP contribution in [0.15, 0.2) is 53.9 Å². The quantitative estimate of drug-likeness (QED) is 0.663. The number of hydrogen-bond donors (Lipinski definition) is 1. The molecule has 0 aliphatic carbocycles. The molecule has 1 heterocycles. The summed E-state index contributed by atoms with van der Waals surface area (Å²) in [5.74, 6) is 0. The molecule has 0 bridgehead atoms. The molecule has 86 valence electrons. The van der Waals surface area contributed by atoms with Crippen molar-refractivity contribution in [2.75, 3.05) is 5.43 Å². The van der Waals surface area contributed by atoms with Crippen LogP contribution in [0.2, 0.25) is 5.02 Å². The zero-order valence-corrected chi connectivity index (χ0v) is 10.1. The van der Waals surface area contributed by atoms with Gasteiger partial charge >= 0.3 is 0 Å². The van der Waals surface area contributed by atoms with Gasteiger partial charge < -0.3 is 0 Å². The van der Waals surface area contributed by atoms with E-state index in [0.717, 1.165) is 17.0 Å². The Morgan fingerprint density at radius 2 is 2.18 bits per heavy atom. The Balaban J connectivity index is 2.11. The number of benzene rings is 1. The summed E-state index contributed by atoms with van der Waals surface area (Å²) >= 11 is 5.88. The van der Waals surface area contributed by atoms with Crippen LogP contribution in [0.3, 0.4) is 0 Å². The Morgan fingerprint density at radius 1 is 1.29 bits per heavy atom. The van der Waals surface area contributed by atoms with Crippen molar-refractivity contribution in [2.24, 2.45) is 5.10 Å². The highest BCUT2D eigenvalue weighted by Crippen LogP contribution is 2.14. The minimum atomic E-state index is 0.684. The molecule has 0 amide bonds. The first-order valence-corrected chi connectivity index (χ1v) is 5.60. The maximum absolute atomic E-state index is 5.88. The average Bonchev–Trinajstić information content (AvgIpc) is 2.37. The van der Waals surface area contributed by atoms with Crippen LogP contribution in [0.1, 0.15) is 12.5 Å². The van der Waals surface area contributed by atoms with Crippen LogP contribution in [-0.2, 0) is 0 Å². The Hall–Kier alpha value is -1.87. The normalized spacial score (nSPS) is 11.3. The molecule has 1 aromatic heterocycles. The number of halogens is 1. The van der Waals surface area contributed by atoms with E-state index in [4.69, 9.17) is 11.6 Å². The number of aromatic nitrogens is 1. The molecule has 0 atom stereocenters. The van der Waals surface area contributed by atoms with Crippen molar-refractivity contribution in [1.82, 2.24) is 4.98 Å². The van der Waals surface area contributed by atoms with Crippen LogP contribution in [0.5, 0.6) is 0 Å². The summed E-state index contributed by atoms with van der Waals surface area (Å²) in [7, 11) is 0. The maximum Gasteiger partial charge on any atom is 0.0663 e. The van der Waals surface area contributed by atoms with Gasteiger partial charge in [0.1, 0.15) is 0 Å². The second-order valence-electron chi connectivity index (χ2n) is 3.56. The molecule has 4 heteroatoms. The van der Waals surface area contributed by atoms with Gasteiger partial charge in [0.15, 0.2) is 0 Å². The number of hydrazone groups is 1. The first kappa shape index (κ1) is 11.6. The fraction of sp³-hybridized carbons (Fsp3) is 0.0769. The van der Waals surface area contributed by atoms with Crippen molar-refractivity contribution in [2.45, 2.75) is 6.92 Å². The van der Waals surface area contributed by atoms with Crippen LogP contribution in [0, 0.1) is 0 Å². The molecular formula is C13H12ClN3. The minimum Gasteiger partial charge on any atom is -0.278 e. The molecule has 0 aliphatic heterocycles. The Kier molecular flexibility index (Phi) is 3.73. The highest BCUT2D eigenvalue weighted by atomic mass is 35.5. The molecule has 0 fully saturated rings. The zero-order chi connectivity index (χ0) is 12.1. The topological polar surface area (TPSA) is 37.3 Å². The van der Waals surface area contributed by atoms with Crippen LogP contribution in [-0.4, -0.2) is 10.7 Å². The predicted octanol–water partition coefficient (Wildman–Crippen LogP) is 3.57. The van der Waals surface area contributed by atoms with Gasteiger partial charge in [0.2, 0.25) is 0 Å². The minimum absolute atomic E-state index is 0.684. The van der Waals surface area contributed by atoms with Gasteiger partial charge in [-0.2, -0.15) is 5.10 Å². The molecule has 1 N–H and O–H groups in total. The SMILES string of the molecule is CC(=NNc1cccc(Cl)c1)c1cccnc1. The molecule has 1 aromatic carbocycles. The molecule has 2 aromatic rings. The molecule has 0 aliphatic rings. The van der Waals surface area contributed by atoms with E-state index in [-0.39, 0.29) is 0 Å². The summed E-state index contributed by atoms with van der Waals surface area (Å²) in [6, 6.07) is 11.3. The molecule has 17 heavy (non-hydrogen) atoms. The standard InChI is InChI=1S/C13H12ClN3/c1-10(11-4-3-7-15-9-11)16-17-13-6-2-5-12(14)8-13/h2-9,17H,1H3. The van der Waals surface area contributed by atoms with Gasteiger partial charge in [0.05, 0.1) is 11.4 Å². The zero-order valence-electron chi connectivity index (χ0n) is 9.39. The van der Waals surface area contributed by atoms with Gasteiger partial charge in [0, 0.05) is 23.0 Å². The van der Waals surface area contributed by atoms with Crippen molar-refractivity contribution >= 4 is 23.0 Å². The van der Waals surface area contributed by atoms with Gasteiger partial charge in [0.25, 0.3) is 0 Å². The molecule has 2 rings (SSSR count). The lowest BCUT2D eigenvalue weighted by atomic mass is 10.2. The molecule has 0 saturated carbocycles. The van der Waals surface area contributed by atoms with Crippen molar-refractivity contribution < 1.29 is 0 Å². The lowest BCUT2D eigenvalue weighted by Gasteiger charge is -2.03. The van der Waals surface area contributed by atoms with Gasteiger partial charge in [-0.25, -0.2) is 0 Å². The first-order valence-electron chi connectivity index (χ1n) is 5.22. The summed E-state index contributed by atoms with van der Waals surface area (Å²) in [5, 5.41) is 4.96. The highest BCUT2D eigenvalue weighted by molar-refractivity contribution is 6.30. The van der Waals surface area contributed by atoms with E-state index in [2.05, 4.69) is 15.5 Å². The largest absolute Gasteiger partial charge is 0.278 e. The number of anilines is 1. The second kappa shape index (κ2) is 5.46. The molecule has 0 saturated heterocycles. The Labute approximate surface area is 105 Å². The summed E-state index contributed by atoms with van der Waals surface area (Å²) in [6.45, 7) is 1.93. The average molecular weight is 246 g/mol.